The lowest BCUT2D eigenvalue weighted by molar-refractivity contribution is -0.133. The number of hydrogen-bond acceptors (Lipinski definition) is 2. The third-order valence-corrected chi connectivity index (χ3v) is 3.84. The summed E-state index contributed by atoms with van der Waals surface area (Å²) in [6.07, 6.45) is 2.53. The number of benzene rings is 1. The van der Waals surface area contributed by atoms with Gasteiger partial charge in [0.25, 0.3) is 0 Å². The second-order valence-electron chi connectivity index (χ2n) is 5.37. The fourth-order valence-electron chi connectivity index (χ4n) is 2.41. The molecule has 3 heteroatoms. The first kappa shape index (κ1) is 14.1. The van der Waals surface area contributed by atoms with Gasteiger partial charge in [0.1, 0.15) is 0 Å². The quantitative estimate of drug-likeness (QED) is 0.816. The van der Waals surface area contributed by atoms with Crippen LogP contribution in [-0.4, -0.2) is 29.9 Å². The van der Waals surface area contributed by atoms with Crippen LogP contribution < -0.4 is 5.32 Å². The van der Waals surface area contributed by atoms with Crippen molar-refractivity contribution in [2.75, 3.05) is 13.1 Å². The lowest BCUT2D eigenvalue weighted by atomic mass is 10.1. The molecule has 1 N–H and O–H groups in total. The van der Waals surface area contributed by atoms with Crippen LogP contribution in [0.2, 0.25) is 0 Å². The predicted octanol–water partition coefficient (Wildman–Crippen LogP) is 2.42. The van der Waals surface area contributed by atoms with E-state index in [-0.39, 0.29) is 5.91 Å². The number of nitrogens with one attached hydrogen (secondary N) is 1. The molecule has 2 rings (SSSR count). The number of carbonyl (C=O) groups is 1. The lowest BCUT2D eigenvalue weighted by Crippen LogP contribution is -2.43. The zero-order valence-corrected chi connectivity index (χ0v) is 11.9. The Bertz CT molecular complexity index is 400. The van der Waals surface area contributed by atoms with Crippen LogP contribution in [0.5, 0.6) is 0 Å². The van der Waals surface area contributed by atoms with E-state index in [1.807, 2.05) is 30.0 Å². The van der Waals surface area contributed by atoms with E-state index in [1.165, 1.54) is 18.4 Å². The van der Waals surface area contributed by atoms with Crippen molar-refractivity contribution in [3.8, 4) is 0 Å². The van der Waals surface area contributed by atoms with E-state index < -0.39 is 0 Å². The molecular weight excluding hydrogens is 236 g/mol. The molecule has 1 aliphatic carbocycles. The molecule has 1 aromatic rings. The monoisotopic (exact) mass is 260 g/mol. The fourth-order valence-corrected chi connectivity index (χ4v) is 2.41. The predicted molar refractivity (Wildman–Crippen MR) is 77.7 cm³/mol. The van der Waals surface area contributed by atoms with E-state index in [0.717, 1.165) is 13.1 Å². The van der Waals surface area contributed by atoms with Gasteiger partial charge >= 0.3 is 0 Å². The van der Waals surface area contributed by atoms with Gasteiger partial charge < -0.3 is 10.2 Å². The van der Waals surface area contributed by atoms with Crippen molar-refractivity contribution < 1.29 is 4.79 Å². The molecule has 0 heterocycles. The maximum Gasteiger partial charge on any atom is 0.237 e. The fraction of sp³-hybridized carbons (Fsp3) is 0.562. The standard InChI is InChI=1S/C16H24N2O/c1-3-17-11-16(19)18(13(2)15-9-10-15)12-14-7-5-4-6-8-14/h4-8,13,15,17H,3,9-12H2,1-2H3. The van der Waals surface area contributed by atoms with E-state index in [4.69, 9.17) is 0 Å². The van der Waals surface area contributed by atoms with Crippen molar-refractivity contribution in [3.63, 3.8) is 0 Å². The van der Waals surface area contributed by atoms with Gasteiger partial charge in [-0.05, 0) is 37.8 Å². The smallest absolute Gasteiger partial charge is 0.237 e. The van der Waals surface area contributed by atoms with E-state index >= 15 is 0 Å². The zero-order chi connectivity index (χ0) is 13.7. The van der Waals surface area contributed by atoms with Crippen LogP contribution >= 0.6 is 0 Å². The Morgan fingerprint density at radius 2 is 2.05 bits per heavy atom. The summed E-state index contributed by atoms with van der Waals surface area (Å²) in [7, 11) is 0. The summed E-state index contributed by atoms with van der Waals surface area (Å²) in [6, 6.07) is 10.6. The molecule has 1 aromatic carbocycles. The highest BCUT2D eigenvalue weighted by molar-refractivity contribution is 5.78. The highest BCUT2D eigenvalue weighted by Gasteiger charge is 2.33. The highest BCUT2D eigenvalue weighted by atomic mass is 16.2. The molecule has 1 aliphatic rings. The molecule has 0 aromatic heterocycles. The SMILES string of the molecule is CCNCC(=O)N(Cc1ccccc1)C(C)C1CC1. The summed E-state index contributed by atoms with van der Waals surface area (Å²) < 4.78 is 0. The first-order chi connectivity index (χ1) is 9.22. The molecule has 0 aliphatic heterocycles. The number of nitrogens with zero attached hydrogens (tertiary/aromatic N) is 1. The first-order valence-corrected chi connectivity index (χ1v) is 7.26. The Morgan fingerprint density at radius 1 is 1.37 bits per heavy atom. The van der Waals surface area contributed by atoms with Crippen LogP contribution in [-0.2, 0) is 11.3 Å². The average Bonchev–Trinajstić information content (AvgIpc) is 3.27. The minimum atomic E-state index is 0.213. The van der Waals surface area contributed by atoms with Gasteiger partial charge in [-0.15, -0.1) is 0 Å². The summed E-state index contributed by atoms with van der Waals surface area (Å²) in [5, 5.41) is 3.14. The van der Waals surface area contributed by atoms with Gasteiger partial charge in [-0.25, -0.2) is 0 Å². The molecule has 19 heavy (non-hydrogen) atoms. The summed E-state index contributed by atoms with van der Waals surface area (Å²) in [5.74, 6) is 0.916. The van der Waals surface area contributed by atoms with Crippen molar-refractivity contribution in [1.29, 1.82) is 0 Å². The van der Waals surface area contributed by atoms with Crippen LogP contribution in [0.3, 0.4) is 0 Å². The second kappa shape index (κ2) is 6.71. The lowest BCUT2D eigenvalue weighted by Gasteiger charge is -2.30. The second-order valence-corrected chi connectivity index (χ2v) is 5.37. The molecule has 0 bridgehead atoms. The van der Waals surface area contributed by atoms with Gasteiger partial charge in [-0.1, -0.05) is 37.3 Å². The normalized spacial score (nSPS) is 16.1. The van der Waals surface area contributed by atoms with E-state index in [9.17, 15) is 4.79 Å². The third-order valence-electron chi connectivity index (χ3n) is 3.84. The Balaban J connectivity index is 2.02. The molecular formula is C16H24N2O. The number of carbonyl (C=O) groups excluding carboxylic acids is 1. The van der Waals surface area contributed by atoms with Gasteiger partial charge in [-0.2, -0.15) is 0 Å². The largest absolute Gasteiger partial charge is 0.334 e. The highest BCUT2D eigenvalue weighted by Crippen LogP contribution is 2.35. The van der Waals surface area contributed by atoms with Gasteiger partial charge in [-0.3, -0.25) is 4.79 Å². The number of amides is 1. The van der Waals surface area contributed by atoms with Crippen LogP contribution in [0.4, 0.5) is 0 Å². The van der Waals surface area contributed by atoms with Crippen molar-refractivity contribution in [2.24, 2.45) is 5.92 Å². The van der Waals surface area contributed by atoms with Crippen LogP contribution in [0.25, 0.3) is 0 Å². The average molecular weight is 260 g/mol. The maximum absolute atomic E-state index is 12.3. The summed E-state index contributed by atoms with van der Waals surface area (Å²) in [6.45, 7) is 6.22. The number of rotatable bonds is 7. The summed E-state index contributed by atoms with van der Waals surface area (Å²) >= 11 is 0. The van der Waals surface area contributed by atoms with Crippen molar-refractivity contribution in [3.05, 3.63) is 35.9 Å². The molecule has 1 saturated carbocycles. The Kier molecular flexibility index (Phi) is 4.97. The molecule has 1 fully saturated rings. The molecule has 104 valence electrons. The Morgan fingerprint density at radius 3 is 2.63 bits per heavy atom. The van der Waals surface area contributed by atoms with Gasteiger partial charge in [0.15, 0.2) is 0 Å². The van der Waals surface area contributed by atoms with Crippen LogP contribution in [0.15, 0.2) is 30.3 Å². The Hall–Kier alpha value is -1.35. The molecule has 0 saturated heterocycles. The summed E-state index contributed by atoms with van der Waals surface area (Å²) in [5.41, 5.74) is 1.21. The van der Waals surface area contributed by atoms with E-state index in [1.54, 1.807) is 0 Å². The zero-order valence-electron chi connectivity index (χ0n) is 11.9. The molecule has 0 radical (unpaired) electrons. The molecule has 1 unspecified atom stereocenters. The van der Waals surface area contributed by atoms with Gasteiger partial charge in [0.2, 0.25) is 5.91 Å². The Labute approximate surface area is 116 Å². The van der Waals surface area contributed by atoms with Crippen LogP contribution in [0, 0.1) is 5.92 Å². The van der Waals surface area contributed by atoms with E-state index in [0.29, 0.717) is 18.5 Å². The number of likely N-dealkylation sites (N-methyl/N-ethyl adjacent to an activating group) is 1. The minimum absolute atomic E-state index is 0.213. The molecule has 1 amide bonds. The van der Waals surface area contributed by atoms with E-state index in [2.05, 4.69) is 24.4 Å². The molecule has 3 nitrogen and oxygen atoms in total. The maximum atomic E-state index is 12.3. The van der Waals surface area contributed by atoms with Crippen LogP contribution in [0.1, 0.15) is 32.3 Å². The van der Waals surface area contributed by atoms with Crippen molar-refractivity contribution in [2.45, 2.75) is 39.3 Å². The topological polar surface area (TPSA) is 32.3 Å². The molecule has 1 atom stereocenters. The van der Waals surface area contributed by atoms with Crippen molar-refractivity contribution in [1.82, 2.24) is 10.2 Å². The molecule has 0 spiro atoms. The van der Waals surface area contributed by atoms with Gasteiger partial charge in [0.05, 0.1) is 6.54 Å². The van der Waals surface area contributed by atoms with Gasteiger partial charge in [0, 0.05) is 12.6 Å². The number of hydrogen-bond donors (Lipinski definition) is 1. The minimum Gasteiger partial charge on any atom is -0.334 e. The first-order valence-electron chi connectivity index (χ1n) is 7.26. The third kappa shape index (κ3) is 4.06. The summed E-state index contributed by atoms with van der Waals surface area (Å²) in [4.78, 5) is 14.4. The van der Waals surface area contributed by atoms with Crippen molar-refractivity contribution >= 4 is 5.91 Å².